The number of ether oxygens (including phenoxy) is 2. The standard InChI is InChI=1S/C18H26N6O4/c1-18(2,3)28-17(26)23-9-6-5-7-12(23)15(25)20-11-13-21-22-14-16(27-4)19-8-10-24(13)14/h8,10,12H,5-7,9,11H2,1-4H3,(H,20,25). The second-order valence-corrected chi connectivity index (χ2v) is 7.65. The predicted octanol–water partition coefficient (Wildman–Crippen LogP) is 1.54. The summed E-state index contributed by atoms with van der Waals surface area (Å²) in [6.07, 6.45) is 5.15. The van der Waals surface area contributed by atoms with E-state index in [1.807, 2.05) is 20.8 Å². The summed E-state index contributed by atoms with van der Waals surface area (Å²) in [6, 6.07) is -0.556. The molecule has 2 amide bonds. The fourth-order valence-electron chi connectivity index (χ4n) is 3.14. The molecule has 3 heterocycles. The van der Waals surface area contributed by atoms with E-state index in [9.17, 15) is 9.59 Å². The fourth-order valence-corrected chi connectivity index (χ4v) is 3.14. The topological polar surface area (TPSA) is 111 Å². The highest BCUT2D eigenvalue weighted by Crippen LogP contribution is 2.21. The van der Waals surface area contributed by atoms with Crippen molar-refractivity contribution in [3.05, 3.63) is 18.2 Å². The smallest absolute Gasteiger partial charge is 0.410 e. The highest BCUT2D eigenvalue weighted by molar-refractivity contribution is 5.85. The van der Waals surface area contributed by atoms with Gasteiger partial charge in [-0.15, -0.1) is 10.2 Å². The Morgan fingerprint density at radius 1 is 1.29 bits per heavy atom. The summed E-state index contributed by atoms with van der Waals surface area (Å²) in [4.78, 5) is 30.8. The third kappa shape index (κ3) is 4.32. The number of aromatic nitrogens is 4. The monoisotopic (exact) mass is 390 g/mol. The van der Waals surface area contributed by atoms with E-state index in [-0.39, 0.29) is 12.5 Å². The zero-order valence-corrected chi connectivity index (χ0v) is 16.6. The van der Waals surface area contributed by atoms with Gasteiger partial charge in [0, 0.05) is 18.9 Å². The van der Waals surface area contributed by atoms with E-state index in [2.05, 4.69) is 20.5 Å². The molecule has 3 rings (SSSR count). The summed E-state index contributed by atoms with van der Waals surface area (Å²) in [6.45, 7) is 6.10. The molecule has 0 aromatic carbocycles. The summed E-state index contributed by atoms with van der Waals surface area (Å²) < 4.78 is 12.3. The quantitative estimate of drug-likeness (QED) is 0.843. The number of methoxy groups -OCH3 is 1. The Hall–Kier alpha value is -2.91. The first kappa shape index (κ1) is 19.8. The zero-order valence-electron chi connectivity index (χ0n) is 16.6. The molecule has 0 radical (unpaired) electrons. The van der Waals surface area contributed by atoms with Crippen LogP contribution in [0.5, 0.6) is 5.88 Å². The molecule has 1 unspecified atom stereocenters. The summed E-state index contributed by atoms with van der Waals surface area (Å²) in [7, 11) is 1.51. The van der Waals surface area contributed by atoms with Gasteiger partial charge in [-0.1, -0.05) is 0 Å². The molecule has 152 valence electrons. The molecule has 0 saturated carbocycles. The highest BCUT2D eigenvalue weighted by Gasteiger charge is 2.34. The van der Waals surface area contributed by atoms with Gasteiger partial charge in [-0.2, -0.15) is 0 Å². The summed E-state index contributed by atoms with van der Waals surface area (Å²) in [5, 5.41) is 11.0. The molecule has 2 aromatic heterocycles. The molecule has 0 aliphatic carbocycles. The number of hydrogen-bond donors (Lipinski definition) is 1. The van der Waals surface area contributed by atoms with E-state index in [0.29, 0.717) is 30.3 Å². The Kier molecular flexibility index (Phi) is 5.66. The van der Waals surface area contributed by atoms with Crippen LogP contribution in [0.3, 0.4) is 0 Å². The van der Waals surface area contributed by atoms with Crippen molar-refractivity contribution in [3.8, 4) is 5.88 Å². The Bertz CT molecular complexity index is 859. The molecule has 1 fully saturated rings. The van der Waals surface area contributed by atoms with Gasteiger partial charge in [-0.05, 0) is 40.0 Å². The number of likely N-dealkylation sites (tertiary alicyclic amines) is 1. The molecule has 10 heteroatoms. The largest absolute Gasteiger partial charge is 0.478 e. The molecule has 1 aliphatic heterocycles. The number of piperidine rings is 1. The number of carbonyl (C=O) groups excluding carboxylic acids is 2. The maximum absolute atomic E-state index is 12.8. The average molecular weight is 390 g/mol. The lowest BCUT2D eigenvalue weighted by atomic mass is 10.0. The van der Waals surface area contributed by atoms with Crippen LogP contribution < -0.4 is 10.1 Å². The van der Waals surface area contributed by atoms with Crippen LogP contribution in [0.2, 0.25) is 0 Å². The highest BCUT2D eigenvalue weighted by atomic mass is 16.6. The van der Waals surface area contributed by atoms with Gasteiger partial charge in [0.25, 0.3) is 5.88 Å². The van der Waals surface area contributed by atoms with Crippen molar-refractivity contribution in [3.63, 3.8) is 0 Å². The number of fused-ring (bicyclic) bond motifs is 1. The fraction of sp³-hybridized carbons (Fsp3) is 0.611. The summed E-state index contributed by atoms with van der Waals surface area (Å²) >= 11 is 0. The molecule has 28 heavy (non-hydrogen) atoms. The molecule has 1 N–H and O–H groups in total. The number of carbonyl (C=O) groups is 2. The van der Waals surface area contributed by atoms with E-state index in [0.717, 1.165) is 12.8 Å². The second kappa shape index (κ2) is 7.99. The van der Waals surface area contributed by atoms with Crippen LogP contribution in [0.25, 0.3) is 5.65 Å². The van der Waals surface area contributed by atoms with Crippen LogP contribution in [0, 0.1) is 0 Å². The summed E-state index contributed by atoms with van der Waals surface area (Å²) in [5.41, 5.74) is -0.134. The first-order valence-electron chi connectivity index (χ1n) is 9.30. The lowest BCUT2D eigenvalue weighted by molar-refractivity contribution is -0.127. The van der Waals surface area contributed by atoms with E-state index >= 15 is 0 Å². The van der Waals surface area contributed by atoms with Crippen LogP contribution in [-0.4, -0.2) is 61.8 Å². The van der Waals surface area contributed by atoms with Gasteiger partial charge in [-0.3, -0.25) is 14.1 Å². The van der Waals surface area contributed by atoms with Crippen LogP contribution in [0.4, 0.5) is 4.79 Å². The van der Waals surface area contributed by atoms with Gasteiger partial charge in [0.1, 0.15) is 11.6 Å². The van der Waals surface area contributed by atoms with Crippen molar-refractivity contribution in [2.45, 2.75) is 58.2 Å². The second-order valence-electron chi connectivity index (χ2n) is 7.65. The van der Waals surface area contributed by atoms with Crippen LogP contribution in [0.15, 0.2) is 12.4 Å². The van der Waals surface area contributed by atoms with E-state index in [1.165, 1.54) is 12.0 Å². The molecular weight excluding hydrogens is 364 g/mol. The SMILES string of the molecule is COc1nccn2c(CNC(=O)C3CCCCN3C(=O)OC(C)(C)C)nnc12. The van der Waals surface area contributed by atoms with Crippen molar-refractivity contribution < 1.29 is 19.1 Å². The number of nitrogens with zero attached hydrogens (tertiary/aromatic N) is 5. The number of hydrogen-bond acceptors (Lipinski definition) is 7. The number of amides is 2. The van der Waals surface area contributed by atoms with Crippen molar-refractivity contribution >= 4 is 17.6 Å². The minimum Gasteiger partial charge on any atom is -0.478 e. The van der Waals surface area contributed by atoms with Crippen molar-refractivity contribution in [2.24, 2.45) is 0 Å². The van der Waals surface area contributed by atoms with Gasteiger partial charge in [-0.25, -0.2) is 9.78 Å². The van der Waals surface area contributed by atoms with Gasteiger partial charge in [0.05, 0.1) is 13.7 Å². The maximum Gasteiger partial charge on any atom is 0.410 e. The van der Waals surface area contributed by atoms with Crippen LogP contribution in [0.1, 0.15) is 45.9 Å². The predicted molar refractivity (Wildman–Crippen MR) is 99.8 cm³/mol. The van der Waals surface area contributed by atoms with Crippen LogP contribution in [-0.2, 0) is 16.1 Å². The lowest BCUT2D eigenvalue weighted by Gasteiger charge is -2.35. The minimum absolute atomic E-state index is 0.172. The zero-order chi connectivity index (χ0) is 20.3. The number of rotatable bonds is 4. The Labute approximate surface area is 163 Å². The van der Waals surface area contributed by atoms with Gasteiger partial charge >= 0.3 is 6.09 Å². The Morgan fingerprint density at radius 3 is 2.79 bits per heavy atom. The van der Waals surface area contributed by atoms with E-state index in [1.54, 1.807) is 16.8 Å². The van der Waals surface area contributed by atoms with Crippen molar-refractivity contribution in [1.82, 2.24) is 29.8 Å². The first-order chi connectivity index (χ1) is 13.3. The molecule has 2 aromatic rings. The summed E-state index contributed by atoms with van der Waals surface area (Å²) in [5.74, 6) is 0.669. The molecule has 1 saturated heterocycles. The number of nitrogens with one attached hydrogen (secondary N) is 1. The Morgan fingerprint density at radius 2 is 2.07 bits per heavy atom. The lowest BCUT2D eigenvalue weighted by Crippen LogP contribution is -2.53. The molecule has 0 spiro atoms. The molecule has 0 bridgehead atoms. The Balaban J connectivity index is 1.69. The van der Waals surface area contributed by atoms with E-state index < -0.39 is 17.7 Å². The van der Waals surface area contributed by atoms with Crippen LogP contribution >= 0.6 is 0 Å². The molecular formula is C18H26N6O4. The first-order valence-corrected chi connectivity index (χ1v) is 9.30. The average Bonchev–Trinajstić information content (AvgIpc) is 3.08. The van der Waals surface area contributed by atoms with Crippen molar-refractivity contribution in [2.75, 3.05) is 13.7 Å². The van der Waals surface area contributed by atoms with Crippen molar-refractivity contribution in [1.29, 1.82) is 0 Å². The van der Waals surface area contributed by atoms with E-state index in [4.69, 9.17) is 9.47 Å². The van der Waals surface area contributed by atoms with Gasteiger partial charge < -0.3 is 14.8 Å². The molecule has 1 aliphatic rings. The maximum atomic E-state index is 12.8. The minimum atomic E-state index is -0.608. The third-order valence-corrected chi connectivity index (χ3v) is 4.41. The molecule has 1 atom stereocenters. The molecule has 10 nitrogen and oxygen atoms in total. The van der Waals surface area contributed by atoms with Gasteiger partial charge in [0.2, 0.25) is 11.6 Å². The normalized spacial score (nSPS) is 17.4. The third-order valence-electron chi connectivity index (χ3n) is 4.41. The van der Waals surface area contributed by atoms with Gasteiger partial charge in [0.15, 0.2) is 5.82 Å².